The van der Waals surface area contributed by atoms with Crippen molar-refractivity contribution in [2.45, 2.75) is 6.54 Å². The normalized spacial score (nSPS) is 11.1. The summed E-state index contributed by atoms with van der Waals surface area (Å²) in [5, 5.41) is 12.8. The van der Waals surface area contributed by atoms with E-state index >= 15 is 0 Å². The Labute approximate surface area is 118 Å². The van der Waals surface area contributed by atoms with E-state index in [2.05, 4.69) is 5.32 Å². The van der Waals surface area contributed by atoms with Crippen molar-refractivity contribution in [1.82, 2.24) is 5.32 Å². The highest BCUT2D eigenvalue weighted by atomic mass is 32.2. The van der Waals surface area contributed by atoms with Gasteiger partial charge in [0, 0.05) is 34.5 Å². The topological polar surface area (TPSA) is 49.3 Å². The lowest BCUT2D eigenvalue weighted by Crippen LogP contribution is -2.17. The second-order valence-corrected chi connectivity index (χ2v) is 6.04. The van der Waals surface area contributed by atoms with E-state index in [1.807, 2.05) is 6.26 Å². The highest BCUT2D eigenvalue weighted by molar-refractivity contribution is 7.98. The van der Waals surface area contributed by atoms with E-state index in [9.17, 15) is 14.3 Å². The van der Waals surface area contributed by atoms with Crippen LogP contribution in [-0.4, -0.2) is 29.6 Å². The van der Waals surface area contributed by atoms with Crippen LogP contribution in [0.3, 0.4) is 0 Å². The van der Waals surface area contributed by atoms with E-state index in [1.165, 1.54) is 6.07 Å². The van der Waals surface area contributed by atoms with Crippen molar-refractivity contribution in [2.75, 3.05) is 18.6 Å². The van der Waals surface area contributed by atoms with Crippen LogP contribution in [0.4, 0.5) is 4.39 Å². The molecule has 0 aliphatic carbocycles. The first-order valence-electron chi connectivity index (χ1n) is 5.78. The first-order chi connectivity index (χ1) is 9.15. The first-order valence-corrected chi connectivity index (χ1v) is 7.99. The molecule has 2 rings (SSSR count). The number of benzene rings is 1. The molecule has 2 N–H and O–H groups in total. The summed E-state index contributed by atoms with van der Waals surface area (Å²) < 4.78 is 14.6. The summed E-state index contributed by atoms with van der Waals surface area (Å²) >= 11 is 2.83. The maximum Gasteiger partial charge on any atom is 0.346 e. The number of thioether (sulfide) groups is 1. The van der Waals surface area contributed by atoms with Gasteiger partial charge in [-0.2, -0.15) is 11.8 Å². The van der Waals surface area contributed by atoms with Crippen LogP contribution in [0.15, 0.2) is 18.2 Å². The third-order valence-electron chi connectivity index (χ3n) is 2.74. The molecule has 19 heavy (non-hydrogen) atoms. The van der Waals surface area contributed by atoms with Crippen LogP contribution < -0.4 is 5.32 Å². The molecular weight excluding hydrogens is 285 g/mol. The molecule has 0 amide bonds. The van der Waals surface area contributed by atoms with Gasteiger partial charge in [0.15, 0.2) is 0 Å². The molecule has 1 aromatic carbocycles. The molecule has 6 heteroatoms. The van der Waals surface area contributed by atoms with Gasteiger partial charge in [-0.25, -0.2) is 9.18 Å². The maximum atomic E-state index is 13.9. The zero-order valence-corrected chi connectivity index (χ0v) is 12.0. The lowest BCUT2D eigenvalue weighted by atomic mass is 10.1. The van der Waals surface area contributed by atoms with Gasteiger partial charge in [-0.05, 0) is 18.4 Å². The van der Waals surface area contributed by atoms with Crippen LogP contribution in [0.2, 0.25) is 0 Å². The van der Waals surface area contributed by atoms with Crippen molar-refractivity contribution in [1.29, 1.82) is 0 Å². The SMILES string of the molecule is CSCCNCc1c(C(=O)O)sc2cccc(F)c12. The number of hydrogen-bond acceptors (Lipinski definition) is 4. The van der Waals surface area contributed by atoms with Crippen molar-refractivity contribution < 1.29 is 14.3 Å². The smallest absolute Gasteiger partial charge is 0.346 e. The Kier molecular flexibility index (Phi) is 4.79. The fourth-order valence-corrected chi connectivity index (χ4v) is 3.32. The van der Waals surface area contributed by atoms with Crippen molar-refractivity contribution in [3.63, 3.8) is 0 Å². The average Bonchev–Trinajstić information content (AvgIpc) is 2.75. The minimum absolute atomic E-state index is 0.219. The molecule has 1 heterocycles. The first kappa shape index (κ1) is 14.3. The van der Waals surface area contributed by atoms with E-state index in [0.29, 0.717) is 22.2 Å². The summed E-state index contributed by atoms with van der Waals surface area (Å²) in [6.07, 6.45) is 2.00. The van der Waals surface area contributed by atoms with Crippen molar-refractivity contribution in [3.05, 3.63) is 34.5 Å². The van der Waals surface area contributed by atoms with Gasteiger partial charge in [0.2, 0.25) is 0 Å². The summed E-state index contributed by atoms with van der Waals surface area (Å²) in [5.74, 6) is -0.419. The number of carboxylic acids is 1. The molecule has 0 aliphatic rings. The molecule has 0 bridgehead atoms. The van der Waals surface area contributed by atoms with Gasteiger partial charge in [-0.3, -0.25) is 0 Å². The minimum Gasteiger partial charge on any atom is -0.477 e. The summed E-state index contributed by atoms with van der Waals surface area (Å²) in [7, 11) is 0. The Hall–Kier alpha value is -1.11. The number of hydrogen-bond donors (Lipinski definition) is 2. The monoisotopic (exact) mass is 299 g/mol. The average molecular weight is 299 g/mol. The summed E-state index contributed by atoms with van der Waals surface area (Å²) in [5.41, 5.74) is 0.548. The van der Waals surface area contributed by atoms with Gasteiger partial charge in [0.25, 0.3) is 0 Å². The Morgan fingerprint density at radius 1 is 1.53 bits per heavy atom. The number of rotatable bonds is 6. The van der Waals surface area contributed by atoms with E-state index in [0.717, 1.165) is 23.6 Å². The van der Waals surface area contributed by atoms with Crippen LogP contribution in [-0.2, 0) is 6.54 Å². The summed E-state index contributed by atoms with van der Waals surface area (Å²) in [4.78, 5) is 11.5. The van der Waals surface area contributed by atoms with Crippen LogP contribution in [0.25, 0.3) is 10.1 Å². The molecular formula is C13H14FNO2S2. The summed E-state index contributed by atoms with van der Waals surface area (Å²) in [6.45, 7) is 1.15. The molecule has 0 radical (unpaired) electrons. The maximum absolute atomic E-state index is 13.9. The van der Waals surface area contributed by atoms with Gasteiger partial charge in [-0.1, -0.05) is 6.07 Å². The van der Waals surface area contributed by atoms with Crippen molar-refractivity contribution in [2.24, 2.45) is 0 Å². The minimum atomic E-state index is -0.998. The van der Waals surface area contributed by atoms with Crippen LogP contribution >= 0.6 is 23.1 Å². The predicted molar refractivity (Wildman–Crippen MR) is 78.8 cm³/mol. The highest BCUT2D eigenvalue weighted by Gasteiger charge is 2.19. The van der Waals surface area contributed by atoms with Gasteiger partial charge < -0.3 is 10.4 Å². The fraction of sp³-hybridized carbons (Fsp3) is 0.308. The van der Waals surface area contributed by atoms with Crippen molar-refractivity contribution in [3.8, 4) is 0 Å². The Bertz CT molecular complexity index is 598. The van der Waals surface area contributed by atoms with Gasteiger partial charge in [0.05, 0.1) is 0 Å². The number of carbonyl (C=O) groups is 1. The van der Waals surface area contributed by atoms with E-state index in [-0.39, 0.29) is 10.7 Å². The molecule has 0 atom stereocenters. The Morgan fingerprint density at radius 3 is 3.00 bits per heavy atom. The zero-order valence-electron chi connectivity index (χ0n) is 10.4. The fourth-order valence-electron chi connectivity index (χ4n) is 1.90. The molecule has 0 fully saturated rings. The third kappa shape index (κ3) is 3.08. The quantitative estimate of drug-likeness (QED) is 0.804. The molecule has 102 valence electrons. The third-order valence-corrected chi connectivity index (χ3v) is 4.54. The number of fused-ring (bicyclic) bond motifs is 1. The molecule has 0 saturated carbocycles. The number of halogens is 1. The highest BCUT2D eigenvalue weighted by Crippen LogP contribution is 2.33. The lowest BCUT2D eigenvalue weighted by molar-refractivity contribution is 0.0701. The van der Waals surface area contributed by atoms with Gasteiger partial charge in [0.1, 0.15) is 10.7 Å². The van der Waals surface area contributed by atoms with Crippen LogP contribution in [0, 0.1) is 5.82 Å². The second kappa shape index (κ2) is 6.36. The van der Waals surface area contributed by atoms with Crippen molar-refractivity contribution >= 4 is 39.2 Å². The number of carboxylic acid groups (broad SMARTS) is 1. The molecule has 0 saturated heterocycles. The van der Waals surface area contributed by atoms with E-state index in [4.69, 9.17) is 0 Å². The molecule has 0 unspecified atom stereocenters. The molecule has 1 aromatic heterocycles. The predicted octanol–water partition coefficient (Wildman–Crippen LogP) is 3.19. The number of aromatic carboxylic acids is 1. The lowest BCUT2D eigenvalue weighted by Gasteiger charge is -2.05. The number of nitrogens with one attached hydrogen (secondary N) is 1. The molecule has 0 spiro atoms. The van der Waals surface area contributed by atoms with Crippen LogP contribution in [0.5, 0.6) is 0 Å². The zero-order chi connectivity index (χ0) is 13.8. The largest absolute Gasteiger partial charge is 0.477 e. The molecule has 2 aromatic rings. The standard InChI is InChI=1S/C13H14FNO2S2/c1-18-6-5-15-7-8-11-9(14)3-2-4-10(11)19-12(8)13(16)17/h2-4,15H,5-7H2,1H3,(H,16,17). The van der Waals surface area contributed by atoms with E-state index in [1.54, 1.807) is 23.9 Å². The van der Waals surface area contributed by atoms with E-state index < -0.39 is 5.97 Å². The number of thiophene rings is 1. The second-order valence-electron chi connectivity index (χ2n) is 4.00. The molecule has 3 nitrogen and oxygen atoms in total. The molecule has 0 aliphatic heterocycles. The Balaban J connectivity index is 2.37. The van der Waals surface area contributed by atoms with Gasteiger partial charge >= 0.3 is 5.97 Å². The Morgan fingerprint density at radius 2 is 2.32 bits per heavy atom. The van der Waals surface area contributed by atoms with Gasteiger partial charge in [-0.15, -0.1) is 11.3 Å². The summed E-state index contributed by atoms with van der Waals surface area (Å²) in [6, 6.07) is 4.72. The van der Waals surface area contributed by atoms with Crippen LogP contribution in [0.1, 0.15) is 15.2 Å².